The second-order valence-corrected chi connectivity index (χ2v) is 11.9. The summed E-state index contributed by atoms with van der Waals surface area (Å²) in [5.41, 5.74) is 12.5. The number of nitrogens with zero attached hydrogens (tertiary/aromatic N) is 8. The molecule has 0 amide bonds. The first-order chi connectivity index (χ1) is 25.5. The van der Waals surface area contributed by atoms with Gasteiger partial charge in [0.1, 0.15) is 11.4 Å². The molecule has 264 valence electrons. The highest BCUT2D eigenvalue weighted by Gasteiger charge is 2.28. The summed E-state index contributed by atoms with van der Waals surface area (Å²) in [6.07, 6.45) is 5.75. The number of aliphatic hydroxyl groups excluding tert-OH is 2. The fourth-order valence-corrected chi connectivity index (χ4v) is 5.23. The number of aliphatic hydroxyl groups is 2. The van der Waals surface area contributed by atoms with Crippen molar-refractivity contribution in [3.8, 4) is 0 Å². The average molecular weight is 697 g/mol. The van der Waals surface area contributed by atoms with E-state index in [1.165, 1.54) is 0 Å². The van der Waals surface area contributed by atoms with Gasteiger partial charge in [-0.25, -0.2) is 10.9 Å². The molecule has 4 aromatic carbocycles. The first kappa shape index (κ1) is 35.5. The van der Waals surface area contributed by atoms with Crippen LogP contribution in [0.4, 0.5) is 45.8 Å². The van der Waals surface area contributed by atoms with E-state index in [1.54, 1.807) is 36.3 Å². The number of hydrogen-bond donors (Lipinski definition) is 6. The highest BCUT2D eigenvalue weighted by atomic mass is 16.3. The molecule has 0 aliphatic carbocycles. The molecule has 14 heteroatoms. The zero-order valence-corrected chi connectivity index (χ0v) is 28.7. The molecule has 2 unspecified atom stereocenters. The van der Waals surface area contributed by atoms with Crippen molar-refractivity contribution in [1.29, 1.82) is 0 Å². The summed E-state index contributed by atoms with van der Waals surface area (Å²) in [5, 5.41) is 56.6. The second-order valence-electron chi connectivity index (χ2n) is 11.9. The van der Waals surface area contributed by atoms with Crippen LogP contribution in [0.1, 0.15) is 25.0 Å². The lowest BCUT2D eigenvalue weighted by Gasteiger charge is -2.34. The number of nitrogens with one attached hydrogen (secondary N) is 4. The van der Waals surface area contributed by atoms with Crippen molar-refractivity contribution in [1.82, 2.24) is 41.7 Å². The van der Waals surface area contributed by atoms with Crippen LogP contribution < -0.4 is 31.5 Å². The lowest BCUT2D eigenvalue weighted by molar-refractivity contribution is 0.190. The normalized spacial score (nSPS) is 12.3. The first-order valence-corrected chi connectivity index (χ1v) is 16.8. The van der Waals surface area contributed by atoms with Gasteiger partial charge in [-0.3, -0.25) is 10.0 Å². The molecule has 0 saturated heterocycles. The monoisotopic (exact) mass is 696 g/mol. The van der Waals surface area contributed by atoms with Crippen LogP contribution in [0.3, 0.4) is 0 Å². The largest absolute Gasteiger partial charge is 0.392 e. The molecule has 0 radical (unpaired) electrons. The van der Waals surface area contributed by atoms with Crippen LogP contribution in [0.15, 0.2) is 122 Å². The second kappa shape index (κ2) is 17.6. The molecule has 6 aromatic rings. The smallest absolute Gasteiger partial charge is 0.197 e. The third kappa shape index (κ3) is 9.26. The standard InChI is InChI=1S/C38H40N12O2/c1-27(51)23-41-49(37-33(25-39-47-45-37)43-31-16-8-4-9-17-31)35-20-12-15-30(22-21-29-13-6-3-7-14-29)36(35)50(42-24-28(2)52)38-34(26-40-48-46-38)44-32-18-10-5-11-19-32/h3-22,25-28,41-42,51-52H,23-24H2,1-2H3,(H,43,47)(H,44,48). The van der Waals surface area contributed by atoms with E-state index in [0.29, 0.717) is 34.4 Å². The summed E-state index contributed by atoms with van der Waals surface area (Å²) >= 11 is 0. The lowest BCUT2D eigenvalue weighted by Crippen LogP contribution is -2.43. The molecule has 0 spiro atoms. The lowest BCUT2D eigenvalue weighted by atomic mass is 10.1. The third-order valence-electron chi connectivity index (χ3n) is 7.62. The van der Waals surface area contributed by atoms with Gasteiger partial charge in [-0.2, -0.15) is 0 Å². The number of aromatic nitrogens is 6. The van der Waals surface area contributed by atoms with Gasteiger partial charge in [-0.15, -0.1) is 20.4 Å². The Hall–Kier alpha value is -6.32. The highest BCUT2D eigenvalue weighted by molar-refractivity contribution is 5.92. The summed E-state index contributed by atoms with van der Waals surface area (Å²) in [6, 6.07) is 35.1. The van der Waals surface area contributed by atoms with E-state index in [9.17, 15) is 10.2 Å². The first-order valence-electron chi connectivity index (χ1n) is 16.8. The van der Waals surface area contributed by atoms with Gasteiger partial charge in [0, 0.05) is 30.0 Å². The Bertz CT molecular complexity index is 2030. The molecule has 0 bridgehead atoms. The number of anilines is 8. The van der Waals surface area contributed by atoms with E-state index in [2.05, 4.69) is 52.3 Å². The number of hydrazine groups is 2. The van der Waals surface area contributed by atoms with Gasteiger partial charge < -0.3 is 20.8 Å². The molecule has 2 aromatic heterocycles. The predicted molar refractivity (Wildman–Crippen MR) is 205 cm³/mol. The fourth-order valence-electron chi connectivity index (χ4n) is 5.23. The summed E-state index contributed by atoms with van der Waals surface area (Å²) in [5.74, 6) is 0.754. The van der Waals surface area contributed by atoms with Crippen molar-refractivity contribution < 1.29 is 10.2 Å². The summed E-state index contributed by atoms with van der Waals surface area (Å²) in [6.45, 7) is 3.70. The molecule has 2 atom stereocenters. The number of benzene rings is 4. The SMILES string of the molecule is CC(O)CNN(c1cccc(C=Cc2ccccc2)c1N(NCC(C)O)c1nnncc1Nc1ccccc1)c1nnncc1Nc1ccccc1. The molecule has 52 heavy (non-hydrogen) atoms. The number of rotatable bonds is 16. The molecule has 0 fully saturated rings. The minimum absolute atomic E-state index is 0.155. The Morgan fingerprint density at radius 1 is 0.596 bits per heavy atom. The maximum Gasteiger partial charge on any atom is 0.197 e. The Balaban J connectivity index is 1.57. The molecule has 0 saturated carbocycles. The van der Waals surface area contributed by atoms with Gasteiger partial charge in [-0.05, 0) is 60.2 Å². The Kier molecular flexibility index (Phi) is 12.0. The minimum Gasteiger partial charge on any atom is -0.392 e. The van der Waals surface area contributed by atoms with Crippen LogP contribution in [0.5, 0.6) is 0 Å². The highest BCUT2D eigenvalue weighted by Crippen LogP contribution is 2.42. The molecule has 0 aliphatic heterocycles. The molecular formula is C38H40N12O2. The van der Waals surface area contributed by atoms with Crippen molar-refractivity contribution >= 4 is 57.9 Å². The van der Waals surface area contributed by atoms with Crippen LogP contribution in [-0.2, 0) is 0 Å². The fraction of sp³-hybridized carbons (Fsp3) is 0.158. The van der Waals surface area contributed by atoms with Crippen molar-refractivity contribution in [3.63, 3.8) is 0 Å². The van der Waals surface area contributed by atoms with Crippen molar-refractivity contribution in [2.75, 3.05) is 33.7 Å². The molecule has 14 nitrogen and oxygen atoms in total. The zero-order valence-electron chi connectivity index (χ0n) is 28.7. The van der Waals surface area contributed by atoms with E-state index in [0.717, 1.165) is 22.5 Å². The molecule has 6 rings (SSSR count). The van der Waals surface area contributed by atoms with Gasteiger partial charge in [0.25, 0.3) is 0 Å². The van der Waals surface area contributed by atoms with E-state index < -0.39 is 12.2 Å². The van der Waals surface area contributed by atoms with E-state index in [1.807, 2.05) is 121 Å². The summed E-state index contributed by atoms with van der Waals surface area (Å²) < 4.78 is 0. The van der Waals surface area contributed by atoms with Crippen LogP contribution in [0, 0.1) is 0 Å². The zero-order chi connectivity index (χ0) is 36.1. The Labute approximate surface area is 301 Å². The Morgan fingerprint density at radius 2 is 1.10 bits per heavy atom. The summed E-state index contributed by atoms with van der Waals surface area (Å²) in [4.78, 5) is 0. The van der Waals surface area contributed by atoms with Crippen molar-refractivity contribution in [2.24, 2.45) is 0 Å². The number of para-hydroxylation sites is 3. The molecule has 2 heterocycles. The van der Waals surface area contributed by atoms with E-state index in [4.69, 9.17) is 0 Å². The van der Waals surface area contributed by atoms with E-state index >= 15 is 0 Å². The van der Waals surface area contributed by atoms with Gasteiger partial charge in [0.05, 0.1) is 36.0 Å². The van der Waals surface area contributed by atoms with Crippen LogP contribution in [-0.4, -0.2) is 66.3 Å². The van der Waals surface area contributed by atoms with Gasteiger partial charge >= 0.3 is 0 Å². The van der Waals surface area contributed by atoms with Gasteiger partial charge in [-0.1, -0.05) is 91.0 Å². The molecule has 0 aliphatic rings. The maximum absolute atomic E-state index is 10.5. The van der Waals surface area contributed by atoms with Crippen LogP contribution >= 0.6 is 0 Å². The van der Waals surface area contributed by atoms with Gasteiger partial charge in [0.15, 0.2) is 11.6 Å². The minimum atomic E-state index is -0.726. The van der Waals surface area contributed by atoms with E-state index in [-0.39, 0.29) is 13.1 Å². The Morgan fingerprint density at radius 3 is 1.63 bits per heavy atom. The number of hydrogen-bond acceptors (Lipinski definition) is 14. The molecule has 6 N–H and O–H groups in total. The molecular weight excluding hydrogens is 656 g/mol. The van der Waals surface area contributed by atoms with Crippen LogP contribution in [0.25, 0.3) is 12.2 Å². The summed E-state index contributed by atoms with van der Waals surface area (Å²) in [7, 11) is 0. The maximum atomic E-state index is 10.5. The quantitative estimate of drug-likeness (QED) is 0.0533. The van der Waals surface area contributed by atoms with Crippen molar-refractivity contribution in [3.05, 3.63) is 133 Å². The van der Waals surface area contributed by atoms with Crippen LogP contribution in [0.2, 0.25) is 0 Å². The predicted octanol–water partition coefficient (Wildman–Crippen LogP) is 5.76. The van der Waals surface area contributed by atoms with Gasteiger partial charge in [0.2, 0.25) is 0 Å². The topological polar surface area (TPSA) is 172 Å². The van der Waals surface area contributed by atoms with Crippen molar-refractivity contribution in [2.45, 2.75) is 26.1 Å². The average Bonchev–Trinajstić information content (AvgIpc) is 3.17. The third-order valence-corrected chi connectivity index (χ3v) is 7.62.